The van der Waals surface area contributed by atoms with Crippen molar-refractivity contribution in [2.24, 2.45) is 0 Å². The van der Waals surface area contributed by atoms with Gasteiger partial charge >= 0.3 is 5.97 Å². The first-order chi connectivity index (χ1) is 9.19. The molecular formula is C14H24N2O2S. The van der Waals surface area contributed by atoms with Crippen molar-refractivity contribution >= 4 is 17.7 Å². The number of carbonyl (C=O) groups is 1. The Hall–Kier alpha value is -0.260. The molecule has 2 aliphatic heterocycles. The number of hydrogen-bond donors (Lipinski definition) is 2. The lowest BCUT2D eigenvalue weighted by molar-refractivity contribution is -0.139. The van der Waals surface area contributed by atoms with Crippen molar-refractivity contribution in [3.63, 3.8) is 0 Å². The van der Waals surface area contributed by atoms with E-state index in [1.54, 1.807) is 0 Å². The van der Waals surface area contributed by atoms with E-state index in [0.717, 1.165) is 37.7 Å². The number of likely N-dealkylation sites (tertiary alicyclic amines) is 1. The van der Waals surface area contributed by atoms with Crippen molar-refractivity contribution in [2.75, 3.05) is 18.8 Å². The summed E-state index contributed by atoms with van der Waals surface area (Å²) in [5.74, 6) is 0.0257. The van der Waals surface area contributed by atoms with Gasteiger partial charge in [-0.2, -0.15) is 0 Å². The summed E-state index contributed by atoms with van der Waals surface area (Å²) in [6.45, 7) is 2.27. The second kappa shape index (κ2) is 5.62. The Bertz CT molecular complexity index is 336. The molecule has 0 amide bonds. The van der Waals surface area contributed by atoms with Gasteiger partial charge in [0.1, 0.15) is 6.04 Å². The monoisotopic (exact) mass is 284 g/mol. The van der Waals surface area contributed by atoms with Crippen LogP contribution in [0.3, 0.4) is 0 Å². The molecule has 3 fully saturated rings. The van der Waals surface area contributed by atoms with Crippen LogP contribution in [0.15, 0.2) is 0 Å². The molecule has 0 unspecified atom stereocenters. The molecule has 2 saturated heterocycles. The van der Waals surface area contributed by atoms with Gasteiger partial charge in [0.25, 0.3) is 0 Å². The summed E-state index contributed by atoms with van der Waals surface area (Å²) >= 11 is 1.83. The van der Waals surface area contributed by atoms with Crippen LogP contribution in [0.4, 0.5) is 0 Å². The first kappa shape index (κ1) is 13.7. The molecular weight excluding hydrogens is 260 g/mol. The molecule has 3 aliphatic rings. The van der Waals surface area contributed by atoms with E-state index in [4.69, 9.17) is 5.11 Å². The van der Waals surface area contributed by atoms with Crippen molar-refractivity contribution in [3.8, 4) is 0 Å². The highest BCUT2D eigenvalue weighted by molar-refractivity contribution is 8.01. The highest BCUT2D eigenvalue weighted by Crippen LogP contribution is 2.40. The Labute approximate surface area is 119 Å². The third-order valence-electron chi connectivity index (χ3n) is 4.96. The van der Waals surface area contributed by atoms with Crippen LogP contribution < -0.4 is 5.32 Å². The van der Waals surface area contributed by atoms with Gasteiger partial charge in [0.2, 0.25) is 0 Å². The summed E-state index contributed by atoms with van der Waals surface area (Å²) in [6.07, 6.45) is 9.11. The zero-order valence-electron chi connectivity index (χ0n) is 11.4. The number of thioether (sulfide) groups is 1. The fraction of sp³-hybridized carbons (Fsp3) is 0.929. The SMILES string of the molecule is O=C(O)[C@H]1CSC2(CCN(C3CCCCC3)CC2)N1. The fourth-order valence-corrected chi connectivity index (χ4v) is 5.17. The molecule has 19 heavy (non-hydrogen) atoms. The molecule has 1 atom stereocenters. The molecule has 3 rings (SSSR count). The molecule has 2 N–H and O–H groups in total. The number of piperidine rings is 1. The zero-order valence-corrected chi connectivity index (χ0v) is 12.3. The van der Waals surface area contributed by atoms with Gasteiger partial charge in [-0.3, -0.25) is 10.1 Å². The average molecular weight is 284 g/mol. The Kier molecular flexibility index (Phi) is 4.06. The molecule has 2 heterocycles. The third-order valence-corrected chi connectivity index (χ3v) is 6.54. The van der Waals surface area contributed by atoms with Gasteiger partial charge < -0.3 is 10.0 Å². The summed E-state index contributed by atoms with van der Waals surface area (Å²) in [5.41, 5.74) is 0. The van der Waals surface area contributed by atoms with Crippen molar-refractivity contribution in [1.82, 2.24) is 10.2 Å². The van der Waals surface area contributed by atoms with E-state index in [1.807, 2.05) is 11.8 Å². The van der Waals surface area contributed by atoms with Gasteiger partial charge in [0.05, 0.1) is 4.87 Å². The van der Waals surface area contributed by atoms with E-state index in [1.165, 1.54) is 32.1 Å². The zero-order chi connectivity index (χ0) is 13.3. The summed E-state index contributed by atoms with van der Waals surface area (Å²) in [6, 6.07) is 0.457. The second-order valence-corrected chi connectivity index (χ2v) is 7.57. The topological polar surface area (TPSA) is 52.6 Å². The first-order valence-corrected chi connectivity index (χ1v) is 8.56. The van der Waals surface area contributed by atoms with E-state index in [0.29, 0.717) is 0 Å². The van der Waals surface area contributed by atoms with E-state index in [2.05, 4.69) is 10.2 Å². The predicted molar refractivity (Wildman–Crippen MR) is 77.4 cm³/mol. The normalized spacial score (nSPS) is 32.7. The molecule has 0 aromatic rings. The number of nitrogens with one attached hydrogen (secondary N) is 1. The average Bonchev–Trinajstić information content (AvgIpc) is 2.85. The maximum atomic E-state index is 11.1. The van der Waals surface area contributed by atoms with Crippen molar-refractivity contribution in [1.29, 1.82) is 0 Å². The highest BCUT2D eigenvalue weighted by atomic mass is 32.2. The fourth-order valence-electron chi connectivity index (χ4n) is 3.76. The van der Waals surface area contributed by atoms with Crippen LogP contribution in [0.1, 0.15) is 44.9 Å². The lowest BCUT2D eigenvalue weighted by atomic mass is 9.92. The minimum absolute atomic E-state index is 0.0498. The van der Waals surface area contributed by atoms with Gasteiger partial charge in [0.15, 0.2) is 0 Å². The molecule has 1 aliphatic carbocycles. The molecule has 5 heteroatoms. The number of rotatable bonds is 2. The number of hydrogen-bond acceptors (Lipinski definition) is 4. The predicted octanol–water partition coefficient (Wildman–Crippen LogP) is 1.90. The lowest BCUT2D eigenvalue weighted by Gasteiger charge is -2.43. The number of aliphatic carboxylic acids is 1. The first-order valence-electron chi connectivity index (χ1n) is 7.57. The van der Waals surface area contributed by atoms with E-state index in [-0.39, 0.29) is 10.9 Å². The van der Waals surface area contributed by atoms with E-state index >= 15 is 0 Å². The standard InChI is InChI=1S/C14H24N2O2S/c17-13(18)12-10-19-14(15-12)6-8-16(9-7-14)11-4-2-1-3-5-11/h11-12,15H,1-10H2,(H,17,18)/t12-/m1/s1. The number of carboxylic acids is 1. The highest BCUT2D eigenvalue weighted by Gasteiger charge is 2.44. The van der Waals surface area contributed by atoms with Gasteiger partial charge in [-0.05, 0) is 25.7 Å². The number of nitrogens with zero attached hydrogens (tertiary/aromatic N) is 1. The van der Waals surface area contributed by atoms with E-state index in [9.17, 15) is 4.79 Å². The lowest BCUT2D eigenvalue weighted by Crippen LogP contribution is -2.53. The van der Waals surface area contributed by atoms with Crippen LogP contribution in [-0.4, -0.2) is 51.8 Å². The largest absolute Gasteiger partial charge is 0.480 e. The minimum atomic E-state index is -0.695. The van der Waals surface area contributed by atoms with Gasteiger partial charge in [-0.25, -0.2) is 0 Å². The molecule has 0 aromatic carbocycles. The summed E-state index contributed by atoms with van der Waals surface area (Å²) in [5, 5.41) is 12.5. The maximum absolute atomic E-state index is 11.1. The van der Waals surface area contributed by atoms with Crippen LogP contribution in [-0.2, 0) is 4.79 Å². The van der Waals surface area contributed by atoms with Crippen molar-refractivity contribution < 1.29 is 9.90 Å². The van der Waals surface area contributed by atoms with Crippen LogP contribution in [0.25, 0.3) is 0 Å². The van der Waals surface area contributed by atoms with Crippen LogP contribution >= 0.6 is 11.8 Å². The van der Waals surface area contributed by atoms with Crippen LogP contribution in [0, 0.1) is 0 Å². The summed E-state index contributed by atoms with van der Waals surface area (Å²) in [7, 11) is 0. The Morgan fingerprint density at radius 3 is 2.47 bits per heavy atom. The van der Waals surface area contributed by atoms with E-state index < -0.39 is 5.97 Å². The Balaban J connectivity index is 1.53. The number of carboxylic acid groups (broad SMARTS) is 1. The molecule has 1 spiro atoms. The minimum Gasteiger partial charge on any atom is -0.480 e. The third kappa shape index (κ3) is 2.93. The van der Waals surface area contributed by atoms with Gasteiger partial charge in [-0.1, -0.05) is 19.3 Å². The van der Waals surface area contributed by atoms with Gasteiger partial charge in [0, 0.05) is 24.9 Å². The van der Waals surface area contributed by atoms with Gasteiger partial charge in [-0.15, -0.1) is 11.8 Å². The Morgan fingerprint density at radius 1 is 1.21 bits per heavy atom. The van der Waals surface area contributed by atoms with Crippen molar-refractivity contribution in [2.45, 2.75) is 61.9 Å². The van der Waals surface area contributed by atoms with Crippen LogP contribution in [0.5, 0.6) is 0 Å². The Morgan fingerprint density at radius 2 is 1.89 bits per heavy atom. The second-order valence-electron chi connectivity index (χ2n) is 6.17. The summed E-state index contributed by atoms with van der Waals surface area (Å²) in [4.78, 5) is 13.8. The quantitative estimate of drug-likeness (QED) is 0.811. The molecule has 4 nitrogen and oxygen atoms in total. The maximum Gasteiger partial charge on any atom is 0.321 e. The van der Waals surface area contributed by atoms with Crippen LogP contribution in [0.2, 0.25) is 0 Å². The van der Waals surface area contributed by atoms with Crippen molar-refractivity contribution in [3.05, 3.63) is 0 Å². The molecule has 1 saturated carbocycles. The summed E-state index contributed by atoms with van der Waals surface area (Å²) < 4.78 is 0. The smallest absolute Gasteiger partial charge is 0.321 e. The molecule has 0 aromatic heterocycles. The molecule has 0 radical (unpaired) electrons. The molecule has 108 valence electrons. The molecule has 0 bridgehead atoms.